The summed E-state index contributed by atoms with van der Waals surface area (Å²) in [6.07, 6.45) is 22.0. The van der Waals surface area contributed by atoms with Crippen LogP contribution in [0, 0.1) is 28.6 Å². The first-order chi connectivity index (χ1) is 18.6. The Bertz CT molecular complexity index is 969. The first kappa shape index (κ1) is 30.5. The minimum absolute atomic E-state index is 0.0438. The number of hydrogen-bond donors (Lipinski definition) is 2. The topological polar surface area (TPSA) is 66.8 Å². The van der Waals surface area contributed by atoms with E-state index in [1.165, 1.54) is 31.3 Å². The molecule has 0 amide bonds. The summed E-state index contributed by atoms with van der Waals surface area (Å²) >= 11 is 0. The van der Waals surface area contributed by atoms with E-state index in [4.69, 9.17) is 4.74 Å². The van der Waals surface area contributed by atoms with Gasteiger partial charge in [0.05, 0.1) is 18.3 Å². The van der Waals surface area contributed by atoms with E-state index in [0.717, 1.165) is 62.5 Å². The lowest BCUT2D eigenvalue weighted by atomic mass is 9.61. The summed E-state index contributed by atoms with van der Waals surface area (Å²) in [5, 5.41) is 20.4. The number of fused-ring (bicyclic) bond motifs is 1. The Hall–Kier alpha value is -1.49. The van der Waals surface area contributed by atoms with Crippen molar-refractivity contribution in [3.05, 3.63) is 47.6 Å². The Morgan fingerprint density at radius 1 is 1.18 bits per heavy atom. The van der Waals surface area contributed by atoms with Gasteiger partial charge in [0.1, 0.15) is 5.78 Å². The van der Waals surface area contributed by atoms with Crippen molar-refractivity contribution in [2.45, 2.75) is 129 Å². The maximum absolute atomic E-state index is 12.7. The lowest BCUT2D eigenvalue weighted by molar-refractivity contribution is -0.124. The van der Waals surface area contributed by atoms with Crippen molar-refractivity contribution >= 4 is 5.78 Å². The maximum Gasteiger partial charge on any atom is 0.139 e. The molecule has 4 heteroatoms. The highest BCUT2D eigenvalue weighted by molar-refractivity contribution is 5.87. The second kappa shape index (κ2) is 13.0. The molecule has 2 N–H and O–H groups in total. The summed E-state index contributed by atoms with van der Waals surface area (Å²) in [5.74, 6) is 2.21. The normalized spacial score (nSPS) is 35.9. The van der Waals surface area contributed by atoms with Crippen LogP contribution >= 0.6 is 0 Å². The van der Waals surface area contributed by atoms with Gasteiger partial charge in [-0.05, 0) is 105 Å². The van der Waals surface area contributed by atoms with Crippen LogP contribution < -0.4 is 0 Å². The lowest BCUT2D eigenvalue weighted by Gasteiger charge is -2.44. The summed E-state index contributed by atoms with van der Waals surface area (Å²) in [6.45, 7) is 11.1. The Morgan fingerprint density at radius 3 is 2.64 bits per heavy atom. The Balaban J connectivity index is 1.37. The van der Waals surface area contributed by atoms with E-state index in [2.05, 4.69) is 51.7 Å². The van der Waals surface area contributed by atoms with Gasteiger partial charge in [0.15, 0.2) is 0 Å². The molecule has 4 aliphatic carbocycles. The zero-order chi connectivity index (χ0) is 28.2. The molecule has 0 radical (unpaired) electrons. The molecule has 39 heavy (non-hydrogen) atoms. The second-order valence-corrected chi connectivity index (χ2v) is 13.5. The number of rotatable bonds is 12. The molecule has 0 unspecified atom stereocenters. The number of ketones is 1. The predicted molar refractivity (Wildman–Crippen MR) is 159 cm³/mol. The van der Waals surface area contributed by atoms with E-state index in [-0.39, 0.29) is 11.5 Å². The van der Waals surface area contributed by atoms with Gasteiger partial charge in [-0.3, -0.25) is 4.79 Å². The third-order valence-electron chi connectivity index (χ3n) is 11.0. The third-order valence-corrected chi connectivity index (χ3v) is 11.0. The Morgan fingerprint density at radius 2 is 1.95 bits per heavy atom. The summed E-state index contributed by atoms with van der Waals surface area (Å²) < 4.78 is 5.85. The van der Waals surface area contributed by atoms with Crippen LogP contribution in [-0.4, -0.2) is 41.4 Å². The van der Waals surface area contributed by atoms with E-state index in [1.807, 2.05) is 0 Å². The first-order valence-electron chi connectivity index (χ1n) is 15.8. The first-order valence-corrected chi connectivity index (χ1v) is 15.8. The van der Waals surface area contributed by atoms with Gasteiger partial charge in [0.2, 0.25) is 0 Å². The maximum atomic E-state index is 12.7. The number of methoxy groups -OCH3 is 1. The van der Waals surface area contributed by atoms with Crippen molar-refractivity contribution in [1.82, 2.24) is 0 Å². The fourth-order valence-electron chi connectivity index (χ4n) is 8.17. The number of aliphatic hydroxyl groups excluding tert-OH is 2. The highest BCUT2D eigenvalue weighted by Crippen LogP contribution is 2.59. The summed E-state index contributed by atoms with van der Waals surface area (Å²) in [7, 11) is 1.80. The van der Waals surface area contributed by atoms with Crippen molar-refractivity contribution in [2.75, 3.05) is 7.11 Å². The number of carbonyl (C=O) groups excluding carboxylic acids is 1. The molecule has 0 aromatic carbocycles. The molecule has 4 nitrogen and oxygen atoms in total. The monoisotopic (exact) mass is 538 g/mol. The molecular formula is C35H54O4. The summed E-state index contributed by atoms with van der Waals surface area (Å²) in [5.41, 5.74) is 3.55. The minimum atomic E-state index is -0.634. The van der Waals surface area contributed by atoms with Gasteiger partial charge in [-0.15, -0.1) is 0 Å². The molecule has 0 heterocycles. The molecule has 4 saturated carbocycles. The molecule has 4 rings (SSSR count). The quantitative estimate of drug-likeness (QED) is 0.250. The Kier molecular flexibility index (Phi) is 10.2. The molecule has 0 bridgehead atoms. The standard InChI is InChI=1S/C35H54O4/c1-6-7-10-33(38)35(20-21-35)19-17-29(39-5)14-11-24(2)30-15-16-31-26(9-8-18-34(30,31)4)12-13-27-22-28(36)23-32(37)25(27)3/h11-14,24,28-32,36-37H,3,6-10,15-23H2,1-2,4-5H3/b14-11+,26-12+,27-13-/t24-,28-,29+,30-,31+,32+,34-/m1/s1. The van der Waals surface area contributed by atoms with Crippen molar-refractivity contribution in [3.63, 3.8) is 0 Å². The molecule has 4 fully saturated rings. The van der Waals surface area contributed by atoms with Gasteiger partial charge in [-0.25, -0.2) is 0 Å². The fourth-order valence-corrected chi connectivity index (χ4v) is 8.17. The number of aliphatic hydroxyl groups is 2. The number of ether oxygens (including phenoxy) is 1. The average Bonchev–Trinajstić information content (AvgIpc) is 3.62. The van der Waals surface area contributed by atoms with E-state index < -0.39 is 12.2 Å². The molecule has 0 spiro atoms. The van der Waals surface area contributed by atoms with Gasteiger partial charge >= 0.3 is 0 Å². The number of Topliss-reactive ketones (excluding diaryl/α,β-unsaturated/α-hetero) is 1. The molecule has 4 aliphatic rings. The van der Waals surface area contributed by atoms with Gasteiger partial charge < -0.3 is 14.9 Å². The lowest BCUT2D eigenvalue weighted by Crippen LogP contribution is -2.35. The molecule has 218 valence electrons. The number of hydrogen-bond acceptors (Lipinski definition) is 4. The Labute approximate surface area is 237 Å². The summed E-state index contributed by atoms with van der Waals surface area (Å²) in [6, 6.07) is 0. The second-order valence-electron chi connectivity index (χ2n) is 13.5. The van der Waals surface area contributed by atoms with Gasteiger partial charge in [-0.1, -0.05) is 63.6 Å². The minimum Gasteiger partial charge on any atom is -0.393 e. The zero-order valence-electron chi connectivity index (χ0n) is 25.1. The van der Waals surface area contributed by atoms with E-state index >= 15 is 0 Å². The molecular weight excluding hydrogens is 484 g/mol. The van der Waals surface area contributed by atoms with Crippen LogP contribution in [0.4, 0.5) is 0 Å². The SMILES string of the molecule is C=C1/C(=C\C=C2/CCC[C@]3(C)[C@@H]([C@H](C)/C=C/[C@@H](CCC4(C(=O)CCCC)CC4)OC)CC[C@@H]23)C[C@@H](O)C[C@@H]1O. The van der Waals surface area contributed by atoms with Gasteiger partial charge in [0.25, 0.3) is 0 Å². The van der Waals surface area contributed by atoms with E-state index in [9.17, 15) is 15.0 Å². The van der Waals surface area contributed by atoms with Crippen molar-refractivity contribution in [2.24, 2.45) is 28.6 Å². The van der Waals surface area contributed by atoms with Crippen LogP contribution in [0.1, 0.15) is 111 Å². The average molecular weight is 539 g/mol. The highest BCUT2D eigenvalue weighted by atomic mass is 16.5. The van der Waals surface area contributed by atoms with E-state index in [0.29, 0.717) is 41.8 Å². The molecule has 7 atom stereocenters. The molecule has 0 aromatic heterocycles. The van der Waals surface area contributed by atoms with Crippen LogP contribution in [-0.2, 0) is 9.53 Å². The zero-order valence-corrected chi connectivity index (χ0v) is 25.1. The predicted octanol–water partition coefficient (Wildman–Crippen LogP) is 7.65. The molecule has 0 aromatic rings. The molecule has 0 aliphatic heterocycles. The fraction of sp³-hybridized carbons (Fsp3) is 0.743. The van der Waals surface area contributed by atoms with Crippen LogP contribution in [0.5, 0.6) is 0 Å². The third kappa shape index (κ3) is 6.88. The van der Waals surface area contributed by atoms with Crippen LogP contribution in [0.25, 0.3) is 0 Å². The van der Waals surface area contributed by atoms with Crippen LogP contribution in [0.3, 0.4) is 0 Å². The van der Waals surface area contributed by atoms with Gasteiger partial charge in [0, 0.05) is 25.4 Å². The molecule has 0 saturated heterocycles. The van der Waals surface area contributed by atoms with Crippen LogP contribution in [0.2, 0.25) is 0 Å². The van der Waals surface area contributed by atoms with Crippen molar-refractivity contribution < 1.29 is 19.7 Å². The van der Waals surface area contributed by atoms with Crippen molar-refractivity contribution in [3.8, 4) is 0 Å². The van der Waals surface area contributed by atoms with E-state index in [1.54, 1.807) is 7.11 Å². The van der Waals surface area contributed by atoms with Crippen LogP contribution in [0.15, 0.2) is 47.6 Å². The smallest absolute Gasteiger partial charge is 0.139 e. The largest absolute Gasteiger partial charge is 0.393 e. The number of unbranched alkanes of at least 4 members (excludes halogenated alkanes) is 1. The van der Waals surface area contributed by atoms with Crippen molar-refractivity contribution in [1.29, 1.82) is 0 Å². The summed E-state index contributed by atoms with van der Waals surface area (Å²) in [4.78, 5) is 12.7. The number of allylic oxidation sites excluding steroid dienone is 4. The highest BCUT2D eigenvalue weighted by Gasteiger charge is 2.50. The number of carbonyl (C=O) groups is 1. The van der Waals surface area contributed by atoms with Gasteiger partial charge in [-0.2, -0.15) is 0 Å².